The molecule has 0 unspecified atom stereocenters. The third-order valence-electron chi connectivity index (χ3n) is 5.21. The summed E-state index contributed by atoms with van der Waals surface area (Å²) in [7, 11) is 0. The SMILES string of the molecule is CC(Sc1ccccc1)=C1c2ccccc2N(c2ccccc2)c2ccccc21. The summed E-state index contributed by atoms with van der Waals surface area (Å²) in [4.78, 5) is 4.94. The van der Waals surface area contributed by atoms with Crippen molar-refractivity contribution in [2.45, 2.75) is 11.8 Å². The molecule has 140 valence electrons. The van der Waals surface area contributed by atoms with Gasteiger partial charge in [-0.05, 0) is 48.2 Å². The first-order valence-electron chi connectivity index (χ1n) is 9.81. The minimum absolute atomic E-state index is 1.18. The van der Waals surface area contributed by atoms with Gasteiger partial charge in [-0.2, -0.15) is 0 Å². The van der Waals surface area contributed by atoms with Crippen molar-refractivity contribution in [2.24, 2.45) is 0 Å². The van der Waals surface area contributed by atoms with Crippen LogP contribution < -0.4 is 4.90 Å². The molecule has 0 bridgehead atoms. The van der Waals surface area contributed by atoms with Crippen molar-refractivity contribution >= 4 is 34.4 Å². The second-order valence-corrected chi connectivity index (χ2v) is 8.34. The molecule has 4 aromatic rings. The summed E-state index contributed by atoms with van der Waals surface area (Å²) < 4.78 is 0. The smallest absolute Gasteiger partial charge is 0.0540 e. The quantitative estimate of drug-likeness (QED) is 0.286. The van der Waals surface area contributed by atoms with E-state index in [1.165, 1.54) is 43.6 Å². The molecule has 1 nitrogen and oxygen atoms in total. The Kier molecular flexibility index (Phi) is 4.71. The predicted molar refractivity (Wildman–Crippen MR) is 125 cm³/mol. The highest BCUT2D eigenvalue weighted by Crippen LogP contribution is 2.51. The lowest BCUT2D eigenvalue weighted by molar-refractivity contribution is 1.23. The van der Waals surface area contributed by atoms with Crippen molar-refractivity contribution in [3.8, 4) is 0 Å². The highest BCUT2D eigenvalue weighted by molar-refractivity contribution is 8.03. The molecule has 0 aromatic heterocycles. The normalized spacial score (nSPS) is 12.3. The number of fused-ring (bicyclic) bond motifs is 2. The summed E-state index contributed by atoms with van der Waals surface area (Å²) >= 11 is 1.84. The van der Waals surface area contributed by atoms with Crippen LogP contribution in [0.25, 0.3) is 5.57 Å². The Morgan fingerprint density at radius 2 is 1.07 bits per heavy atom. The molecule has 1 heterocycles. The van der Waals surface area contributed by atoms with E-state index in [2.05, 4.69) is 121 Å². The van der Waals surface area contributed by atoms with E-state index < -0.39 is 0 Å². The van der Waals surface area contributed by atoms with Crippen LogP contribution in [0, 0.1) is 0 Å². The monoisotopic (exact) mass is 391 g/mol. The van der Waals surface area contributed by atoms with Crippen LogP contribution in [-0.4, -0.2) is 0 Å². The standard InChI is InChI=1S/C27H21NS/c1-20(29-22-14-6-3-7-15-22)27-23-16-8-10-18-25(23)28(21-12-4-2-5-13-21)26-19-11-9-17-24(26)27/h2-19H,1H3. The van der Waals surface area contributed by atoms with E-state index in [-0.39, 0.29) is 0 Å². The lowest BCUT2D eigenvalue weighted by Gasteiger charge is -2.35. The Labute approximate surface area is 176 Å². The van der Waals surface area contributed by atoms with Crippen LogP contribution >= 0.6 is 11.8 Å². The molecule has 0 spiro atoms. The van der Waals surface area contributed by atoms with E-state index in [1.54, 1.807) is 0 Å². The number of hydrogen-bond acceptors (Lipinski definition) is 2. The molecule has 0 N–H and O–H groups in total. The number of hydrogen-bond donors (Lipinski definition) is 0. The fraction of sp³-hybridized carbons (Fsp3) is 0.0370. The molecular formula is C27H21NS. The lowest BCUT2D eigenvalue weighted by Crippen LogP contribution is -2.18. The first kappa shape index (κ1) is 17.8. The Bertz CT molecular complexity index is 1130. The predicted octanol–water partition coefficient (Wildman–Crippen LogP) is 8.04. The van der Waals surface area contributed by atoms with Gasteiger partial charge < -0.3 is 4.90 Å². The van der Waals surface area contributed by atoms with Crippen LogP contribution in [-0.2, 0) is 0 Å². The second-order valence-electron chi connectivity index (χ2n) is 7.05. The molecule has 0 radical (unpaired) electrons. The van der Waals surface area contributed by atoms with E-state index in [0.717, 1.165) is 0 Å². The van der Waals surface area contributed by atoms with Crippen molar-refractivity contribution in [3.05, 3.63) is 125 Å². The molecule has 0 aliphatic carbocycles. The van der Waals surface area contributed by atoms with Gasteiger partial charge >= 0.3 is 0 Å². The molecule has 0 saturated carbocycles. The van der Waals surface area contributed by atoms with Crippen LogP contribution in [0.15, 0.2) is 119 Å². The molecule has 1 aliphatic rings. The van der Waals surface area contributed by atoms with Gasteiger partial charge in [-0.15, -0.1) is 0 Å². The Morgan fingerprint density at radius 1 is 0.586 bits per heavy atom. The van der Waals surface area contributed by atoms with E-state index in [4.69, 9.17) is 0 Å². The number of nitrogens with zero attached hydrogens (tertiary/aromatic N) is 1. The largest absolute Gasteiger partial charge is 0.309 e. The molecule has 0 atom stereocenters. The molecule has 0 amide bonds. The van der Waals surface area contributed by atoms with Gasteiger partial charge in [0, 0.05) is 27.3 Å². The van der Waals surface area contributed by atoms with E-state index >= 15 is 0 Å². The first-order chi connectivity index (χ1) is 14.3. The maximum absolute atomic E-state index is 2.37. The third-order valence-corrected chi connectivity index (χ3v) is 6.23. The topological polar surface area (TPSA) is 3.24 Å². The van der Waals surface area contributed by atoms with E-state index in [0.29, 0.717) is 0 Å². The highest BCUT2D eigenvalue weighted by Gasteiger charge is 2.28. The van der Waals surface area contributed by atoms with Crippen LogP contribution in [0.2, 0.25) is 0 Å². The van der Waals surface area contributed by atoms with Gasteiger partial charge in [-0.25, -0.2) is 0 Å². The zero-order valence-electron chi connectivity index (χ0n) is 16.2. The van der Waals surface area contributed by atoms with Crippen LogP contribution in [0.4, 0.5) is 17.1 Å². The number of rotatable bonds is 3. The van der Waals surface area contributed by atoms with Gasteiger partial charge in [-0.3, -0.25) is 0 Å². The molecule has 0 saturated heterocycles. The zero-order chi connectivity index (χ0) is 19.6. The van der Waals surface area contributed by atoms with Crippen LogP contribution in [0.5, 0.6) is 0 Å². The van der Waals surface area contributed by atoms with Gasteiger partial charge in [0.15, 0.2) is 0 Å². The van der Waals surface area contributed by atoms with Crippen molar-refractivity contribution < 1.29 is 0 Å². The summed E-state index contributed by atoms with van der Waals surface area (Å²) in [6.07, 6.45) is 0. The summed E-state index contributed by atoms with van der Waals surface area (Å²) in [6, 6.07) is 38.7. The first-order valence-corrected chi connectivity index (χ1v) is 10.6. The lowest BCUT2D eigenvalue weighted by atomic mass is 9.89. The summed E-state index contributed by atoms with van der Waals surface area (Å²) in [5.41, 5.74) is 7.49. The maximum Gasteiger partial charge on any atom is 0.0540 e. The van der Waals surface area contributed by atoms with Crippen molar-refractivity contribution in [1.82, 2.24) is 0 Å². The Hall–Kier alpha value is -3.23. The Morgan fingerprint density at radius 3 is 1.66 bits per heavy atom. The summed E-state index contributed by atoms with van der Waals surface area (Å²) in [5.74, 6) is 0. The molecular weight excluding hydrogens is 370 g/mol. The fourth-order valence-corrected chi connectivity index (χ4v) is 4.95. The van der Waals surface area contributed by atoms with E-state index in [1.807, 2.05) is 11.8 Å². The summed E-state index contributed by atoms with van der Waals surface area (Å²) in [5, 5.41) is 0. The van der Waals surface area contributed by atoms with Crippen molar-refractivity contribution in [2.75, 3.05) is 4.90 Å². The minimum Gasteiger partial charge on any atom is -0.309 e. The average molecular weight is 392 g/mol. The van der Waals surface area contributed by atoms with Crippen LogP contribution in [0.3, 0.4) is 0 Å². The number of thioether (sulfide) groups is 1. The molecule has 29 heavy (non-hydrogen) atoms. The zero-order valence-corrected chi connectivity index (χ0v) is 17.1. The third kappa shape index (κ3) is 3.26. The summed E-state index contributed by atoms with van der Waals surface area (Å²) in [6.45, 7) is 2.23. The van der Waals surface area contributed by atoms with Gasteiger partial charge in [0.2, 0.25) is 0 Å². The highest BCUT2D eigenvalue weighted by atomic mass is 32.2. The van der Waals surface area contributed by atoms with Crippen molar-refractivity contribution in [3.63, 3.8) is 0 Å². The molecule has 4 aromatic carbocycles. The van der Waals surface area contributed by atoms with Gasteiger partial charge in [0.1, 0.15) is 0 Å². The number of anilines is 3. The Balaban J connectivity index is 1.74. The van der Waals surface area contributed by atoms with E-state index in [9.17, 15) is 0 Å². The molecule has 5 rings (SSSR count). The van der Waals surface area contributed by atoms with Gasteiger partial charge in [0.25, 0.3) is 0 Å². The van der Waals surface area contributed by atoms with Gasteiger partial charge in [0.05, 0.1) is 11.4 Å². The minimum atomic E-state index is 1.18. The number of para-hydroxylation sites is 3. The molecule has 0 fully saturated rings. The average Bonchev–Trinajstić information content (AvgIpc) is 2.78. The number of benzene rings is 4. The van der Waals surface area contributed by atoms with Gasteiger partial charge in [-0.1, -0.05) is 84.6 Å². The number of allylic oxidation sites excluding steroid dienone is 1. The van der Waals surface area contributed by atoms with Crippen molar-refractivity contribution in [1.29, 1.82) is 0 Å². The fourth-order valence-electron chi connectivity index (χ4n) is 3.99. The maximum atomic E-state index is 2.37. The molecule has 2 heteroatoms. The molecule has 1 aliphatic heterocycles. The second kappa shape index (κ2) is 7.65. The van der Waals surface area contributed by atoms with Crippen LogP contribution in [0.1, 0.15) is 18.1 Å².